The van der Waals surface area contributed by atoms with Gasteiger partial charge in [-0.2, -0.15) is 0 Å². The highest BCUT2D eigenvalue weighted by Gasteiger charge is 2.39. The molecule has 3 rings (SSSR count). The van der Waals surface area contributed by atoms with Crippen LogP contribution in [-0.4, -0.2) is 16.1 Å². The smallest absolute Gasteiger partial charge is 0.347 e. The van der Waals surface area contributed by atoms with Crippen LogP contribution in [0.2, 0.25) is 0 Å². The van der Waals surface area contributed by atoms with Crippen molar-refractivity contribution in [3.8, 4) is 0 Å². The summed E-state index contributed by atoms with van der Waals surface area (Å²) in [6, 6.07) is 6.59. The fraction of sp³-hybridized carbons (Fsp3) is 0.412. The summed E-state index contributed by atoms with van der Waals surface area (Å²) < 4.78 is 13.3. The van der Waals surface area contributed by atoms with E-state index in [0.29, 0.717) is 10.6 Å². The highest BCUT2D eigenvalue weighted by Crippen LogP contribution is 2.46. The van der Waals surface area contributed by atoms with Crippen LogP contribution in [0.4, 0.5) is 4.39 Å². The normalized spacial score (nSPS) is 17.4. The van der Waals surface area contributed by atoms with Gasteiger partial charge in [-0.1, -0.05) is 31.4 Å². The van der Waals surface area contributed by atoms with Crippen molar-refractivity contribution < 1.29 is 14.3 Å². The number of hydrogen-bond donors (Lipinski definition) is 1. The van der Waals surface area contributed by atoms with Gasteiger partial charge in [0.15, 0.2) is 0 Å². The number of aryl methyl sites for hydroxylation is 1. The zero-order valence-electron chi connectivity index (χ0n) is 12.4. The van der Waals surface area contributed by atoms with Crippen LogP contribution in [0.25, 0.3) is 0 Å². The molecule has 0 radical (unpaired) electrons. The molecule has 0 unspecified atom stereocenters. The van der Waals surface area contributed by atoms with Crippen LogP contribution < -0.4 is 0 Å². The summed E-state index contributed by atoms with van der Waals surface area (Å²) in [5.74, 6) is -1.18. The molecule has 1 aliphatic rings. The maximum Gasteiger partial charge on any atom is 0.347 e. The fourth-order valence-electron chi connectivity index (χ4n) is 3.35. The standard InChI is InChI=1S/C17H18FNO2S/c1-11-14(15(20)21)22-16(19-11)17(9-3-2-4-10-17)12-5-7-13(18)8-6-12/h5-8H,2-4,9-10H2,1H3,(H,20,21). The van der Waals surface area contributed by atoms with Crippen molar-refractivity contribution in [3.05, 3.63) is 51.2 Å². The molecule has 1 aromatic carbocycles. The van der Waals surface area contributed by atoms with Gasteiger partial charge in [0, 0.05) is 5.41 Å². The molecule has 0 saturated heterocycles. The first-order chi connectivity index (χ1) is 10.5. The van der Waals surface area contributed by atoms with Gasteiger partial charge in [0.2, 0.25) is 0 Å². The van der Waals surface area contributed by atoms with Crippen molar-refractivity contribution >= 4 is 17.3 Å². The molecule has 1 heterocycles. The molecule has 0 spiro atoms. The molecule has 1 aliphatic carbocycles. The second-order valence-electron chi connectivity index (χ2n) is 5.89. The summed E-state index contributed by atoms with van der Waals surface area (Å²) in [5.41, 5.74) is 1.34. The number of benzene rings is 1. The number of carboxylic acids is 1. The van der Waals surface area contributed by atoms with Crippen LogP contribution in [0.1, 0.15) is 58.0 Å². The van der Waals surface area contributed by atoms with Gasteiger partial charge >= 0.3 is 5.97 Å². The quantitative estimate of drug-likeness (QED) is 0.903. The summed E-state index contributed by atoms with van der Waals surface area (Å²) in [5, 5.41) is 10.1. The first-order valence-corrected chi connectivity index (χ1v) is 8.32. The van der Waals surface area contributed by atoms with Crippen LogP contribution in [0.3, 0.4) is 0 Å². The lowest BCUT2D eigenvalue weighted by Gasteiger charge is -2.36. The van der Waals surface area contributed by atoms with Gasteiger partial charge in [-0.15, -0.1) is 11.3 Å². The molecule has 22 heavy (non-hydrogen) atoms. The molecule has 3 nitrogen and oxygen atoms in total. The van der Waals surface area contributed by atoms with Gasteiger partial charge in [0.05, 0.1) is 5.69 Å². The maximum absolute atomic E-state index is 13.3. The molecular formula is C17H18FNO2S. The molecule has 1 aromatic heterocycles. The predicted molar refractivity (Wildman–Crippen MR) is 84.1 cm³/mol. The molecule has 1 saturated carbocycles. The lowest BCUT2D eigenvalue weighted by Crippen LogP contribution is -2.30. The zero-order valence-corrected chi connectivity index (χ0v) is 13.3. The van der Waals surface area contributed by atoms with Gasteiger partial charge in [0.25, 0.3) is 0 Å². The molecule has 0 atom stereocenters. The molecule has 1 fully saturated rings. The average Bonchev–Trinajstić information content (AvgIpc) is 2.91. The Bertz CT molecular complexity index is 687. The van der Waals surface area contributed by atoms with E-state index in [9.17, 15) is 14.3 Å². The molecule has 5 heteroatoms. The van der Waals surface area contributed by atoms with Crippen molar-refractivity contribution in [2.45, 2.75) is 44.4 Å². The number of nitrogens with zero attached hydrogens (tertiary/aromatic N) is 1. The minimum absolute atomic E-state index is 0.253. The van der Waals surface area contributed by atoms with E-state index in [1.807, 2.05) is 12.1 Å². The van der Waals surface area contributed by atoms with Crippen molar-refractivity contribution in [2.24, 2.45) is 0 Å². The summed E-state index contributed by atoms with van der Waals surface area (Å²) >= 11 is 1.27. The van der Waals surface area contributed by atoms with Crippen molar-refractivity contribution in [1.82, 2.24) is 4.98 Å². The third-order valence-electron chi connectivity index (χ3n) is 4.50. The van der Waals surface area contributed by atoms with Crippen LogP contribution in [0, 0.1) is 12.7 Å². The van der Waals surface area contributed by atoms with Crippen LogP contribution >= 0.6 is 11.3 Å². The SMILES string of the molecule is Cc1nc(C2(c3ccc(F)cc3)CCCCC2)sc1C(=O)O. The number of rotatable bonds is 3. The monoisotopic (exact) mass is 319 g/mol. The number of aromatic nitrogens is 1. The van der Waals surface area contributed by atoms with Crippen molar-refractivity contribution in [3.63, 3.8) is 0 Å². The van der Waals surface area contributed by atoms with Crippen LogP contribution in [0.15, 0.2) is 24.3 Å². The van der Waals surface area contributed by atoms with E-state index in [-0.39, 0.29) is 11.2 Å². The van der Waals surface area contributed by atoms with Gasteiger partial charge in [-0.3, -0.25) is 0 Å². The number of carbonyl (C=O) groups is 1. The van der Waals surface area contributed by atoms with E-state index in [2.05, 4.69) is 4.98 Å². The Labute approximate surface area is 132 Å². The van der Waals surface area contributed by atoms with E-state index in [1.54, 1.807) is 6.92 Å². The Morgan fingerprint density at radius 3 is 2.41 bits per heavy atom. The topological polar surface area (TPSA) is 50.2 Å². The molecular weight excluding hydrogens is 301 g/mol. The molecule has 2 aromatic rings. The summed E-state index contributed by atoms with van der Waals surface area (Å²) in [6.07, 6.45) is 5.21. The summed E-state index contributed by atoms with van der Waals surface area (Å²) in [7, 11) is 0. The van der Waals surface area contributed by atoms with Gasteiger partial charge in [0.1, 0.15) is 15.7 Å². The molecule has 116 valence electrons. The largest absolute Gasteiger partial charge is 0.477 e. The summed E-state index contributed by atoms with van der Waals surface area (Å²) in [6.45, 7) is 1.74. The third-order valence-corrected chi connectivity index (χ3v) is 5.85. The predicted octanol–water partition coefficient (Wildman–Crippen LogP) is 4.54. The van der Waals surface area contributed by atoms with Crippen LogP contribution in [-0.2, 0) is 5.41 Å². The van der Waals surface area contributed by atoms with E-state index in [0.717, 1.165) is 36.3 Å². The minimum Gasteiger partial charge on any atom is -0.477 e. The van der Waals surface area contributed by atoms with Gasteiger partial charge in [-0.25, -0.2) is 14.2 Å². The molecule has 0 aliphatic heterocycles. The van der Waals surface area contributed by atoms with Crippen molar-refractivity contribution in [1.29, 1.82) is 0 Å². The Balaban J connectivity index is 2.12. The van der Waals surface area contributed by atoms with E-state index >= 15 is 0 Å². The fourth-order valence-corrected chi connectivity index (χ4v) is 4.52. The minimum atomic E-state index is -0.925. The van der Waals surface area contributed by atoms with Crippen LogP contribution in [0.5, 0.6) is 0 Å². The van der Waals surface area contributed by atoms with E-state index in [1.165, 1.54) is 29.9 Å². The Morgan fingerprint density at radius 1 is 1.23 bits per heavy atom. The Hall–Kier alpha value is -1.75. The number of thiazole rings is 1. The number of halogens is 1. The highest BCUT2D eigenvalue weighted by molar-refractivity contribution is 7.13. The van der Waals surface area contributed by atoms with Gasteiger partial charge in [-0.05, 0) is 37.5 Å². The number of aromatic carboxylic acids is 1. The van der Waals surface area contributed by atoms with Crippen molar-refractivity contribution in [2.75, 3.05) is 0 Å². The first kappa shape index (κ1) is 15.2. The lowest BCUT2D eigenvalue weighted by atomic mass is 9.70. The second-order valence-corrected chi connectivity index (χ2v) is 6.89. The Morgan fingerprint density at radius 2 is 1.86 bits per heavy atom. The lowest BCUT2D eigenvalue weighted by molar-refractivity contribution is 0.0701. The van der Waals surface area contributed by atoms with E-state index < -0.39 is 5.97 Å². The maximum atomic E-state index is 13.3. The average molecular weight is 319 g/mol. The summed E-state index contributed by atoms with van der Waals surface area (Å²) in [4.78, 5) is 16.2. The first-order valence-electron chi connectivity index (χ1n) is 7.50. The highest BCUT2D eigenvalue weighted by atomic mass is 32.1. The second kappa shape index (κ2) is 5.80. The van der Waals surface area contributed by atoms with E-state index in [4.69, 9.17) is 0 Å². The molecule has 0 amide bonds. The number of carboxylic acid groups (broad SMARTS) is 1. The Kier molecular flexibility index (Phi) is 4.00. The zero-order chi connectivity index (χ0) is 15.7. The molecule has 0 bridgehead atoms. The third kappa shape index (κ3) is 2.54. The molecule has 1 N–H and O–H groups in total. The van der Waals surface area contributed by atoms with Gasteiger partial charge < -0.3 is 5.11 Å². The number of hydrogen-bond acceptors (Lipinski definition) is 3.